The number of nitrogens with two attached hydrogens (primary N) is 1. The first-order valence-corrected chi connectivity index (χ1v) is 7.38. The Bertz CT molecular complexity index is 451. The zero-order valence-corrected chi connectivity index (χ0v) is 12.4. The molecule has 1 heterocycles. The van der Waals surface area contributed by atoms with Crippen molar-refractivity contribution in [1.29, 1.82) is 0 Å². The number of carbonyl (C=O) groups is 1. The lowest BCUT2D eigenvalue weighted by molar-refractivity contribution is 0.0603. The van der Waals surface area contributed by atoms with Gasteiger partial charge in [0.25, 0.3) is 0 Å². The van der Waals surface area contributed by atoms with Gasteiger partial charge in [-0.25, -0.2) is 4.79 Å². The summed E-state index contributed by atoms with van der Waals surface area (Å²) in [5, 5.41) is 4.15. The number of anilines is 2. The van der Waals surface area contributed by atoms with Gasteiger partial charge >= 0.3 is 5.97 Å². The topological polar surface area (TPSA) is 77.2 Å². The third-order valence-electron chi connectivity index (χ3n) is 3.62. The van der Waals surface area contributed by atoms with Crippen molar-refractivity contribution in [3.63, 3.8) is 0 Å². The summed E-state index contributed by atoms with van der Waals surface area (Å²) in [6.07, 6.45) is 3.50. The Labute approximate surface area is 117 Å². The largest absolute Gasteiger partial charge is 0.465 e. The summed E-state index contributed by atoms with van der Waals surface area (Å²) in [6.45, 7) is 4.54. The molecular formula is C13H21N3O2S. The maximum Gasteiger partial charge on any atom is 0.344 e. The molecular weight excluding hydrogens is 262 g/mol. The monoisotopic (exact) mass is 283 g/mol. The normalized spacial score (nSPS) is 27.0. The molecule has 0 aliphatic heterocycles. The molecule has 1 aliphatic carbocycles. The Balaban J connectivity index is 2.13. The lowest BCUT2D eigenvalue weighted by Gasteiger charge is -2.32. The highest BCUT2D eigenvalue weighted by atomic mass is 32.1. The van der Waals surface area contributed by atoms with Gasteiger partial charge in [-0.1, -0.05) is 13.8 Å². The van der Waals surface area contributed by atoms with E-state index in [1.165, 1.54) is 25.1 Å². The molecule has 0 radical (unpaired) electrons. The van der Waals surface area contributed by atoms with Crippen LogP contribution in [0.2, 0.25) is 0 Å². The van der Waals surface area contributed by atoms with Crippen LogP contribution in [0.15, 0.2) is 0 Å². The number of hydrogen-bond donors (Lipinski definition) is 2. The maximum absolute atomic E-state index is 11.7. The van der Waals surface area contributed by atoms with Crippen molar-refractivity contribution < 1.29 is 9.53 Å². The van der Waals surface area contributed by atoms with Gasteiger partial charge in [0.1, 0.15) is 10.6 Å². The molecule has 6 heteroatoms. The van der Waals surface area contributed by atoms with Crippen molar-refractivity contribution in [2.45, 2.75) is 39.2 Å². The lowest BCUT2D eigenvalue weighted by Crippen LogP contribution is -2.30. The minimum Gasteiger partial charge on any atom is -0.465 e. The van der Waals surface area contributed by atoms with E-state index < -0.39 is 5.97 Å². The summed E-state index contributed by atoms with van der Waals surface area (Å²) < 4.78 is 8.80. The van der Waals surface area contributed by atoms with E-state index in [1.807, 2.05) is 0 Å². The molecule has 0 aromatic carbocycles. The fourth-order valence-electron chi connectivity index (χ4n) is 2.95. The summed E-state index contributed by atoms with van der Waals surface area (Å²) in [6, 6.07) is 0.377. The van der Waals surface area contributed by atoms with Crippen LogP contribution in [0.25, 0.3) is 0 Å². The number of hydrogen-bond acceptors (Lipinski definition) is 6. The number of nitrogen functional groups attached to an aromatic ring is 1. The summed E-state index contributed by atoms with van der Waals surface area (Å²) in [5.74, 6) is 1.23. The van der Waals surface area contributed by atoms with E-state index in [-0.39, 0.29) is 5.82 Å². The zero-order valence-electron chi connectivity index (χ0n) is 11.6. The molecule has 2 atom stereocenters. The summed E-state index contributed by atoms with van der Waals surface area (Å²) >= 11 is 1.23. The molecule has 1 aromatic rings. The van der Waals surface area contributed by atoms with Crippen LogP contribution in [0.1, 0.15) is 43.5 Å². The first kappa shape index (κ1) is 14.1. The highest BCUT2D eigenvalue weighted by molar-refractivity contribution is 7.11. The van der Waals surface area contributed by atoms with Gasteiger partial charge in [0, 0.05) is 6.04 Å². The van der Waals surface area contributed by atoms with Crippen LogP contribution in [0, 0.1) is 11.8 Å². The van der Waals surface area contributed by atoms with Gasteiger partial charge in [0.05, 0.1) is 7.11 Å². The van der Waals surface area contributed by atoms with Crippen molar-refractivity contribution in [2.24, 2.45) is 11.8 Å². The van der Waals surface area contributed by atoms with Crippen LogP contribution in [0.5, 0.6) is 0 Å². The van der Waals surface area contributed by atoms with E-state index in [2.05, 4.69) is 23.5 Å². The van der Waals surface area contributed by atoms with Crippen LogP contribution in [0.3, 0.4) is 0 Å². The molecule has 19 heavy (non-hydrogen) atoms. The van der Waals surface area contributed by atoms with Crippen LogP contribution in [0.4, 0.5) is 10.8 Å². The van der Waals surface area contributed by atoms with Gasteiger partial charge in [0.2, 0.25) is 0 Å². The molecule has 0 amide bonds. The molecule has 3 N–H and O–H groups in total. The van der Waals surface area contributed by atoms with Gasteiger partial charge in [0.15, 0.2) is 5.82 Å². The predicted molar refractivity (Wildman–Crippen MR) is 77.5 cm³/mol. The highest BCUT2D eigenvalue weighted by Crippen LogP contribution is 2.34. The Kier molecular flexibility index (Phi) is 4.29. The fourth-order valence-corrected chi connectivity index (χ4v) is 3.73. The van der Waals surface area contributed by atoms with Crippen molar-refractivity contribution in [3.8, 4) is 0 Å². The predicted octanol–water partition coefficient (Wildman–Crippen LogP) is 2.75. The molecule has 0 spiro atoms. The Morgan fingerprint density at radius 1 is 1.37 bits per heavy atom. The molecule has 1 fully saturated rings. The van der Waals surface area contributed by atoms with E-state index in [1.54, 1.807) is 0 Å². The smallest absolute Gasteiger partial charge is 0.344 e. The number of nitrogens with zero attached hydrogens (tertiary/aromatic N) is 1. The van der Waals surface area contributed by atoms with Gasteiger partial charge in [-0.3, -0.25) is 0 Å². The molecule has 5 nitrogen and oxygen atoms in total. The molecule has 106 valence electrons. The van der Waals surface area contributed by atoms with Gasteiger partial charge in [-0.05, 0) is 42.6 Å². The average Bonchev–Trinajstić information content (AvgIpc) is 2.68. The number of methoxy groups -OCH3 is 1. The Morgan fingerprint density at radius 2 is 2.00 bits per heavy atom. The Hall–Kier alpha value is -1.30. The van der Waals surface area contributed by atoms with E-state index in [9.17, 15) is 4.79 Å². The first-order chi connectivity index (χ1) is 9.01. The summed E-state index contributed by atoms with van der Waals surface area (Å²) in [5.41, 5.74) is 6.11. The number of ether oxygens (including phenoxy) is 1. The van der Waals surface area contributed by atoms with Crippen molar-refractivity contribution in [1.82, 2.24) is 4.37 Å². The minimum atomic E-state index is -0.425. The van der Waals surface area contributed by atoms with Gasteiger partial charge in [-0.2, -0.15) is 4.37 Å². The standard InChI is InChI=1S/C13H21N3O2S/c1-7-4-8(2)6-9(5-7)15-12-10(13(17)18-3)11(14)16-19-12/h7-9,15H,4-6H2,1-3H3,(H2,14,16). The van der Waals surface area contributed by atoms with E-state index >= 15 is 0 Å². The van der Waals surface area contributed by atoms with Crippen molar-refractivity contribution >= 4 is 28.3 Å². The van der Waals surface area contributed by atoms with Gasteiger partial charge < -0.3 is 15.8 Å². The summed E-state index contributed by atoms with van der Waals surface area (Å²) in [4.78, 5) is 11.7. The molecule has 1 aromatic heterocycles. The second-order valence-electron chi connectivity index (χ2n) is 5.52. The van der Waals surface area contributed by atoms with Crippen LogP contribution < -0.4 is 11.1 Å². The molecule has 1 aliphatic rings. The number of nitrogens with one attached hydrogen (secondary N) is 1. The highest BCUT2D eigenvalue weighted by Gasteiger charge is 2.27. The van der Waals surface area contributed by atoms with Crippen molar-refractivity contribution in [3.05, 3.63) is 5.56 Å². The quantitative estimate of drug-likeness (QED) is 0.834. The molecule has 2 rings (SSSR count). The maximum atomic E-state index is 11.7. The molecule has 2 unspecified atom stereocenters. The number of aromatic nitrogens is 1. The van der Waals surface area contributed by atoms with E-state index in [0.29, 0.717) is 23.4 Å². The third kappa shape index (κ3) is 3.18. The molecule has 1 saturated carbocycles. The number of carbonyl (C=O) groups excluding carboxylic acids is 1. The van der Waals surface area contributed by atoms with Crippen LogP contribution in [-0.2, 0) is 4.74 Å². The second-order valence-corrected chi connectivity index (χ2v) is 6.30. The first-order valence-electron chi connectivity index (χ1n) is 6.61. The second kappa shape index (κ2) is 5.77. The van der Waals surface area contributed by atoms with E-state index in [4.69, 9.17) is 10.5 Å². The number of rotatable bonds is 3. The fraction of sp³-hybridized carbons (Fsp3) is 0.692. The molecule has 0 bridgehead atoms. The SMILES string of the molecule is COC(=O)c1c(N)nsc1NC1CC(C)CC(C)C1. The van der Waals surface area contributed by atoms with E-state index in [0.717, 1.165) is 17.8 Å². The molecule has 0 saturated heterocycles. The van der Waals surface area contributed by atoms with Crippen molar-refractivity contribution in [2.75, 3.05) is 18.2 Å². The third-order valence-corrected chi connectivity index (χ3v) is 4.41. The number of esters is 1. The minimum absolute atomic E-state index is 0.247. The van der Waals surface area contributed by atoms with Gasteiger partial charge in [-0.15, -0.1) is 0 Å². The average molecular weight is 283 g/mol. The zero-order chi connectivity index (χ0) is 14.0. The Morgan fingerprint density at radius 3 is 2.58 bits per heavy atom. The lowest BCUT2D eigenvalue weighted by atomic mass is 9.80. The summed E-state index contributed by atoms with van der Waals surface area (Å²) in [7, 11) is 1.36. The van der Waals surface area contributed by atoms with Crippen LogP contribution >= 0.6 is 11.5 Å². The van der Waals surface area contributed by atoms with Crippen LogP contribution in [-0.4, -0.2) is 23.5 Å².